The minimum absolute atomic E-state index is 0.00983. The Hall–Kier alpha value is -2.22. The van der Waals surface area contributed by atoms with Crippen LogP contribution in [0.4, 0.5) is 0 Å². The van der Waals surface area contributed by atoms with Crippen molar-refractivity contribution < 1.29 is 9.59 Å². The molecule has 2 aromatic carbocycles. The van der Waals surface area contributed by atoms with Gasteiger partial charge in [-0.05, 0) is 67.5 Å². The first-order valence-electron chi connectivity index (χ1n) is 11.0. The molecular formula is C24H27BrN4O2. The van der Waals surface area contributed by atoms with Gasteiger partial charge in [-0.3, -0.25) is 9.59 Å². The van der Waals surface area contributed by atoms with Crippen molar-refractivity contribution in [1.82, 2.24) is 21.1 Å². The summed E-state index contributed by atoms with van der Waals surface area (Å²) < 4.78 is 1.05. The Bertz CT molecular complexity index is 955. The second-order valence-electron chi connectivity index (χ2n) is 8.82. The lowest BCUT2D eigenvalue weighted by molar-refractivity contribution is -0.134. The normalized spacial score (nSPS) is 22.9. The van der Waals surface area contributed by atoms with Crippen LogP contribution in [0.1, 0.15) is 59.6 Å². The molecule has 1 aliphatic heterocycles. The van der Waals surface area contributed by atoms with Gasteiger partial charge in [-0.25, -0.2) is 10.9 Å². The van der Waals surface area contributed by atoms with Crippen molar-refractivity contribution in [2.24, 2.45) is 0 Å². The highest BCUT2D eigenvalue weighted by molar-refractivity contribution is 9.10. The maximum absolute atomic E-state index is 13.3. The fraction of sp³-hybridized carbons (Fsp3) is 0.417. The third-order valence-electron chi connectivity index (χ3n) is 6.23. The molecule has 3 aliphatic rings. The maximum Gasteiger partial charge on any atom is 0.251 e. The van der Waals surface area contributed by atoms with E-state index in [0.29, 0.717) is 24.2 Å². The van der Waals surface area contributed by atoms with Crippen molar-refractivity contribution in [1.29, 1.82) is 0 Å². The van der Waals surface area contributed by atoms with Crippen LogP contribution in [0.2, 0.25) is 0 Å². The molecule has 6 nitrogen and oxygen atoms in total. The number of nitrogens with one attached hydrogen (secondary N) is 3. The third-order valence-corrected chi connectivity index (χ3v) is 6.75. The number of hydrogen-bond donors (Lipinski definition) is 3. The minimum Gasteiger partial charge on any atom is -0.349 e. The van der Waals surface area contributed by atoms with Gasteiger partial charge in [-0.2, -0.15) is 0 Å². The Morgan fingerprint density at radius 3 is 2.32 bits per heavy atom. The zero-order valence-electron chi connectivity index (χ0n) is 17.3. The van der Waals surface area contributed by atoms with E-state index in [1.807, 2.05) is 41.3 Å². The number of hydrogen-bond acceptors (Lipinski definition) is 4. The Balaban J connectivity index is 1.22. The molecular weight excluding hydrogens is 456 g/mol. The van der Waals surface area contributed by atoms with E-state index in [-0.39, 0.29) is 23.9 Å². The van der Waals surface area contributed by atoms with E-state index in [2.05, 4.69) is 44.2 Å². The van der Waals surface area contributed by atoms with Gasteiger partial charge in [-0.15, -0.1) is 0 Å². The summed E-state index contributed by atoms with van der Waals surface area (Å²) in [5.41, 5.74) is 9.40. The molecule has 7 heteroatoms. The van der Waals surface area contributed by atoms with Crippen LogP contribution in [-0.4, -0.2) is 34.8 Å². The number of carbonyl (C=O) groups is 2. The first-order valence-corrected chi connectivity index (χ1v) is 11.8. The van der Waals surface area contributed by atoms with Crippen LogP contribution < -0.4 is 16.2 Å². The third kappa shape index (κ3) is 5.00. The lowest BCUT2D eigenvalue weighted by Gasteiger charge is -2.25. The average molecular weight is 483 g/mol. The molecule has 1 heterocycles. The number of nitrogens with zero attached hydrogens (tertiary/aromatic N) is 1. The van der Waals surface area contributed by atoms with Crippen LogP contribution in [0.5, 0.6) is 0 Å². The van der Waals surface area contributed by atoms with E-state index in [1.165, 1.54) is 5.56 Å². The molecule has 0 bridgehead atoms. The van der Waals surface area contributed by atoms with E-state index >= 15 is 0 Å². The van der Waals surface area contributed by atoms with Gasteiger partial charge in [0.1, 0.15) is 6.04 Å². The summed E-state index contributed by atoms with van der Waals surface area (Å²) in [6.07, 6.45) is 5.00. The maximum atomic E-state index is 13.3. The van der Waals surface area contributed by atoms with E-state index in [4.69, 9.17) is 0 Å². The van der Waals surface area contributed by atoms with Crippen molar-refractivity contribution in [3.05, 3.63) is 69.7 Å². The number of carbonyl (C=O) groups excluding carboxylic acids is 2. The largest absolute Gasteiger partial charge is 0.349 e. The van der Waals surface area contributed by atoms with Crippen molar-refractivity contribution in [2.45, 2.75) is 62.8 Å². The van der Waals surface area contributed by atoms with Gasteiger partial charge in [0.25, 0.3) is 5.91 Å². The predicted molar refractivity (Wildman–Crippen MR) is 122 cm³/mol. The van der Waals surface area contributed by atoms with Crippen LogP contribution in [0.3, 0.4) is 0 Å². The average Bonchev–Trinajstić information content (AvgIpc) is 3.72. The molecule has 162 valence electrons. The molecule has 2 atom stereocenters. The summed E-state index contributed by atoms with van der Waals surface area (Å²) in [4.78, 5) is 27.5. The second kappa shape index (κ2) is 8.73. The number of benzene rings is 2. The fourth-order valence-corrected chi connectivity index (χ4v) is 4.32. The molecule has 3 fully saturated rings. The zero-order chi connectivity index (χ0) is 21.4. The highest BCUT2D eigenvalue weighted by Crippen LogP contribution is 2.31. The summed E-state index contributed by atoms with van der Waals surface area (Å²) in [6, 6.07) is 16.4. The van der Waals surface area contributed by atoms with E-state index in [1.54, 1.807) is 0 Å². The number of amides is 2. The zero-order valence-corrected chi connectivity index (χ0v) is 18.9. The molecule has 31 heavy (non-hydrogen) atoms. The smallest absolute Gasteiger partial charge is 0.251 e. The molecule has 2 aliphatic carbocycles. The monoisotopic (exact) mass is 482 g/mol. The van der Waals surface area contributed by atoms with E-state index in [9.17, 15) is 9.59 Å². The molecule has 0 spiro atoms. The van der Waals surface area contributed by atoms with Crippen LogP contribution in [0.15, 0.2) is 53.0 Å². The number of hydrazine groups is 1. The first kappa shape index (κ1) is 20.7. The molecule has 0 aromatic heterocycles. The highest BCUT2D eigenvalue weighted by Gasteiger charge is 2.39. The summed E-state index contributed by atoms with van der Waals surface area (Å²) in [7, 11) is 0. The van der Waals surface area contributed by atoms with Crippen LogP contribution >= 0.6 is 15.9 Å². The molecule has 5 rings (SSSR count). The summed E-state index contributed by atoms with van der Waals surface area (Å²) in [5.74, 6) is 0.134. The van der Waals surface area contributed by atoms with Crippen LogP contribution in [0, 0.1) is 0 Å². The summed E-state index contributed by atoms with van der Waals surface area (Å²) in [6.45, 7) is 0.579. The molecule has 3 N–H and O–H groups in total. The Labute approximate surface area is 190 Å². The van der Waals surface area contributed by atoms with Gasteiger partial charge >= 0.3 is 0 Å². The summed E-state index contributed by atoms with van der Waals surface area (Å²) in [5, 5.41) is 3.01. The van der Waals surface area contributed by atoms with Gasteiger partial charge in [0, 0.05) is 34.7 Å². The second-order valence-corrected chi connectivity index (χ2v) is 9.74. The fourth-order valence-electron chi connectivity index (χ4n) is 4.06. The summed E-state index contributed by atoms with van der Waals surface area (Å²) >= 11 is 3.47. The van der Waals surface area contributed by atoms with Crippen LogP contribution in [-0.2, 0) is 11.3 Å². The van der Waals surface area contributed by atoms with Crippen molar-refractivity contribution >= 4 is 27.7 Å². The predicted octanol–water partition coefficient (Wildman–Crippen LogP) is 3.44. The molecule has 2 unspecified atom stereocenters. The number of halogens is 1. The van der Waals surface area contributed by atoms with Gasteiger partial charge in [0.05, 0.1) is 0 Å². The van der Waals surface area contributed by atoms with E-state index < -0.39 is 0 Å². The number of rotatable bonds is 7. The molecule has 2 saturated carbocycles. The Kier molecular flexibility index (Phi) is 5.82. The minimum atomic E-state index is -0.238. The van der Waals surface area contributed by atoms with Gasteiger partial charge < -0.3 is 10.2 Å². The van der Waals surface area contributed by atoms with E-state index in [0.717, 1.165) is 42.1 Å². The molecule has 2 amide bonds. The SMILES string of the molecule is O=C(NC1CC1)c1ccc(CN(C(=O)C2CC(c3ccc(Br)cc3)NN2)C2CC2)cc1. The van der Waals surface area contributed by atoms with Crippen LogP contribution in [0.25, 0.3) is 0 Å². The lowest BCUT2D eigenvalue weighted by Crippen LogP contribution is -2.46. The van der Waals surface area contributed by atoms with Crippen molar-refractivity contribution in [3.8, 4) is 0 Å². The standard InChI is InChI=1S/C24H27BrN4O2/c25-18-7-5-16(6-8-18)21-13-22(28-27-21)24(31)29(20-11-12-20)14-15-1-3-17(4-2-15)23(30)26-19-9-10-19/h1-8,19-22,27-28H,9-14H2,(H,26,30). The van der Waals surface area contributed by atoms with Crippen molar-refractivity contribution in [3.63, 3.8) is 0 Å². The first-order chi connectivity index (χ1) is 15.1. The Morgan fingerprint density at radius 1 is 0.968 bits per heavy atom. The lowest BCUT2D eigenvalue weighted by atomic mass is 10.0. The molecule has 2 aromatic rings. The molecule has 0 radical (unpaired) electrons. The quantitative estimate of drug-likeness (QED) is 0.564. The van der Waals surface area contributed by atoms with Gasteiger partial charge in [-0.1, -0.05) is 40.2 Å². The highest BCUT2D eigenvalue weighted by atomic mass is 79.9. The Morgan fingerprint density at radius 2 is 1.68 bits per heavy atom. The van der Waals surface area contributed by atoms with Gasteiger partial charge in [0.2, 0.25) is 5.91 Å². The van der Waals surface area contributed by atoms with Gasteiger partial charge in [0.15, 0.2) is 0 Å². The topological polar surface area (TPSA) is 73.5 Å². The molecule has 1 saturated heterocycles. The van der Waals surface area contributed by atoms with Crippen molar-refractivity contribution in [2.75, 3.05) is 0 Å².